The van der Waals surface area contributed by atoms with E-state index in [1.165, 1.54) is 5.57 Å². The maximum Gasteiger partial charge on any atom is 0.180 e. The number of ketones is 1. The van der Waals surface area contributed by atoms with E-state index in [1.54, 1.807) is 6.08 Å². The van der Waals surface area contributed by atoms with Gasteiger partial charge >= 0.3 is 0 Å². The third kappa shape index (κ3) is 4.63. The van der Waals surface area contributed by atoms with E-state index in [0.29, 0.717) is 4.83 Å². The molecule has 0 saturated heterocycles. The highest BCUT2D eigenvalue weighted by molar-refractivity contribution is 9.09. The molecule has 2 heteroatoms. The lowest BCUT2D eigenvalue weighted by Gasteiger charge is -2.24. The molecule has 0 aromatic rings. The summed E-state index contributed by atoms with van der Waals surface area (Å²) in [6, 6.07) is 0. The number of rotatable bonds is 0. The molecule has 1 atom stereocenters. The van der Waals surface area contributed by atoms with Gasteiger partial charge in [-0.3, -0.25) is 4.79 Å². The largest absolute Gasteiger partial charge is 0.290 e. The molecule has 1 rings (SSSR count). The fraction of sp³-hybridized carbons (Fsp3) is 0.533. The molecule has 0 bridgehead atoms. The Morgan fingerprint density at radius 2 is 2.12 bits per heavy atom. The summed E-state index contributed by atoms with van der Waals surface area (Å²) in [5.74, 6) is 0.122. The van der Waals surface area contributed by atoms with Crippen molar-refractivity contribution in [1.82, 2.24) is 0 Å². The minimum Gasteiger partial charge on any atom is -0.290 e. The third-order valence-corrected chi connectivity index (χ3v) is 4.11. The average molecular weight is 297 g/mol. The predicted octanol–water partition coefficient (Wildman–Crippen LogP) is 4.59. The maximum absolute atomic E-state index is 11.8. The Morgan fingerprint density at radius 3 is 2.76 bits per heavy atom. The second-order valence-corrected chi connectivity index (χ2v) is 6.55. The van der Waals surface area contributed by atoms with Gasteiger partial charge in [0.2, 0.25) is 0 Å². The number of hydrogen-bond acceptors (Lipinski definition) is 1. The van der Waals surface area contributed by atoms with Crippen molar-refractivity contribution in [3.8, 4) is 0 Å². The molecule has 1 aliphatic carbocycles. The third-order valence-electron chi connectivity index (χ3n) is 3.14. The van der Waals surface area contributed by atoms with Crippen LogP contribution in [0.1, 0.15) is 40.0 Å². The summed E-state index contributed by atoms with van der Waals surface area (Å²) in [7, 11) is 0. The highest BCUT2D eigenvalue weighted by atomic mass is 79.9. The van der Waals surface area contributed by atoms with Crippen molar-refractivity contribution in [2.24, 2.45) is 5.41 Å². The van der Waals surface area contributed by atoms with Gasteiger partial charge in [0.15, 0.2) is 5.78 Å². The average Bonchev–Trinajstić information content (AvgIpc) is 2.24. The molecular weight excluding hydrogens is 276 g/mol. The van der Waals surface area contributed by atoms with Crippen molar-refractivity contribution >= 4 is 21.7 Å². The summed E-state index contributed by atoms with van der Waals surface area (Å²) in [6.45, 7) is 10.3. The zero-order chi connectivity index (χ0) is 13.1. The van der Waals surface area contributed by atoms with Gasteiger partial charge in [0.25, 0.3) is 0 Å². The predicted molar refractivity (Wildman–Crippen MR) is 77.4 cm³/mol. The molecule has 1 aliphatic rings. The van der Waals surface area contributed by atoms with E-state index < -0.39 is 0 Å². The van der Waals surface area contributed by atoms with Crippen molar-refractivity contribution in [2.45, 2.75) is 44.9 Å². The number of alkyl halides is 1. The molecule has 94 valence electrons. The van der Waals surface area contributed by atoms with Crippen LogP contribution in [0.5, 0.6) is 0 Å². The molecule has 0 heterocycles. The zero-order valence-electron chi connectivity index (χ0n) is 10.9. The van der Waals surface area contributed by atoms with Crippen LogP contribution in [0.4, 0.5) is 0 Å². The molecule has 0 aromatic heterocycles. The van der Waals surface area contributed by atoms with Crippen LogP contribution in [-0.4, -0.2) is 10.6 Å². The van der Waals surface area contributed by atoms with Gasteiger partial charge in [-0.2, -0.15) is 0 Å². The van der Waals surface area contributed by atoms with E-state index in [1.807, 2.05) is 19.1 Å². The summed E-state index contributed by atoms with van der Waals surface area (Å²) in [5, 5.41) is 0. The Kier molecular flexibility index (Phi) is 4.93. The second-order valence-electron chi connectivity index (χ2n) is 5.44. The second kappa shape index (κ2) is 5.81. The Labute approximate surface area is 113 Å². The number of halogens is 1. The van der Waals surface area contributed by atoms with E-state index >= 15 is 0 Å². The monoisotopic (exact) mass is 296 g/mol. The lowest BCUT2D eigenvalue weighted by molar-refractivity contribution is -0.111. The first-order valence-corrected chi connectivity index (χ1v) is 6.95. The molecule has 0 saturated carbocycles. The molecule has 0 aromatic carbocycles. The molecule has 0 N–H and O–H groups in total. The molecule has 1 unspecified atom stereocenters. The molecule has 0 spiro atoms. The summed E-state index contributed by atoms with van der Waals surface area (Å²) in [5.41, 5.74) is 2.06. The van der Waals surface area contributed by atoms with E-state index in [2.05, 4.69) is 36.4 Å². The summed E-state index contributed by atoms with van der Waals surface area (Å²) in [4.78, 5) is 12.1. The van der Waals surface area contributed by atoms with Gasteiger partial charge in [0.05, 0.1) is 0 Å². The summed E-state index contributed by atoms with van der Waals surface area (Å²) >= 11 is 3.69. The van der Waals surface area contributed by atoms with Crippen molar-refractivity contribution in [1.29, 1.82) is 0 Å². The molecule has 0 radical (unpaired) electrons. The SMILES string of the molecule is C=C1CC/C=C(/C)C(=O)/C=C\C(C)(C)CC1Br. The van der Waals surface area contributed by atoms with E-state index in [9.17, 15) is 4.79 Å². The van der Waals surface area contributed by atoms with Crippen molar-refractivity contribution in [3.05, 3.63) is 36.0 Å². The summed E-state index contributed by atoms with van der Waals surface area (Å²) < 4.78 is 0. The zero-order valence-corrected chi connectivity index (χ0v) is 12.5. The lowest BCUT2D eigenvalue weighted by Crippen LogP contribution is -2.16. The smallest absolute Gasteiger partial charge is 0.180 e. The van der Waals surface area contributed by atoms with Gasteiger partial charge < -0.3 is 0 Å². The number of hydrogen-bond donors (Lipinski definition) is 0. The van der Waals surface area contributed by atoms with Gasteiger partial charge in [-0.25, -0.2) is 0 Å². The fourth-order valence-corrected chi connectivity index (χ4v) is 2.90. The fourth-order valence-electron chi connectivity index (χ4n) is 1.84. The van der Waals surface area contributed by atoms with E-state index in [-0.39, 0.29) is 11.2 Å². The minimum atomic E-state index is 0.0113. The van der Waals surface area contributed by atoms with Crippen LogP contribution in [0.25, 0.3) is 0 Å². The lowest BCUT2D eigenvalue weighted by atomic mass is 9.85. The first-order valence-electron chi connectivity index (χ1n) is 6.04. The first kappa shape index (κ1) is 14.4. The Hall–Kier alpha value is -0.630. The van der Waals surface area contributed by atoms with Crippen molar-refractivity contribution in [2.75, 3.05) is 0 Å². The van der Waals surface area contributed by atoms with Gasteiger partial charge in [-0.1, -0.05) is 54.1 Å². The first-order chi connectivity index (χ1) is 7.82. The summed E-state index contributed by atoms with van der Waals surface area (Å²) in [6.07, 6.45) is 8.53. The number of carbonyl (C=O) groups excluding carboxylic acids is 1. The van der Waals surface area contributed by atoms with E-state index in [0.717, 1.165) is 24.8 Å². The Balaban J connectivity index is 2.97. The van der Waals surface area contributed by atoms with Crippen molar-refractivity contribution < 1.29 is 4.79 Å². The topological polar surface area (TPSA) is 17.1 Å². The van der Waals surface area contributed by atoms with Crippen LogP contribution < -0.4 is 0 Å². The normalized spacial score (nSPS) is 31.3. The van der Waals surface area contributed by atoms with Gasteiger partial charge in [0.1, 0.15) is 0 Å². The van der Waals surface area contributed by atoms with Crippen molar-refractivity contribution in [3.63, 3.8) is 0 Å². The quantitative estimate of drug-likeness (QED) is 0.472. The molecule has 17 heavy (non-hydrogen) atoms. The van der Waals surface area contributed by atoms with Gasteiger partial charge in [-0.15, -0.1) is 0 Å². The minimum absolute atomic E-state index is 0.0113. The highest BCUT2D eigenvalue weighted by Gasteiger charge is 2.21. The molecule has 0 fully saturated rings. The van der Waals surface area contributed by atoms with Crippen LogP contribution >= 0.6 is 15.9 Å². The van der Waals surface area contributed by atoms with Crippen LogP contribution in [0.2, 0.25) is 0 Å². The maximum atomic E-state index is 11.8. The highest BCUT2D eigenvalue weighted by Crippen LogP contribution is 2.32. The van der Waals surface area contributed by atoms with Crippen LogP contribution in [0, 0.1) is 5.41 Å². The van der Waals surface area contributed by atoms with Gasteiger partial charge in [-0.05, 0) is 43.3 Å². The van der Waals surface area contributed by atoms with Crippen LogP contribution in [0.15, 0.2) is 36.0 Å². The Morgan fingerprint density at radius 1 is 1.47 bits per heavy atom. The number of carbonyl (C=O) groups is 1. The molecule has 0 amide bonds. The van der Waals surface area contributed by atoms with E-state index in [4.69, 9.17) is 0 Å². The standard InChI is InChI=1S/C15H21BrO/c1-11-6-5-7-12(2)14(17)8-9-15(3,4)10-13(11)16/h7-9,13H,1,5-6,10H2,2-4H3/b9-8-,12-7-. The molecule has 0 aliphatic heterocycles. The Bertz CT molecular complexity index is 374. The molecule has 1 nitrogen and oxygen atoms in total. The molecular formula is C15H21BrO. The van der Waals surface area contributed by atoms with Crippen LogP contribution in [-0.2, 0) is 4.79 Å². The van der Waals surface area contributed by atoms with Gasteiger partial charge in [0, 0.05) is 4.83 Å². The number of allylic oxidation sites excluding steroid dienone is 5. The van der Waals surface area contributed by atoms with Crippen LogP contribution in [0.3, 0.4) is 0 Å².